The molecule has 0 saturated carbocycles. The van der Waals surface area contributed by atoms with Crippen LogP contribution < -0.4 is 0 Å². The molecule has 1 aromatic rings. The molecule has 1 aromatic heterocycles. The monoisotopic (exact) mass is 183 g/mol. The summed E-state index contributed by atoms with van der Waals surface area (Å²) in [5.41, 5.74) is 1.70. The van der Waals surface area contributed by atoms with E-state index in [2.05, 4.69) is 5.16 Å². The molecule has 0 radical (unpaired) electrons. The number of aliphatic hydroxyl groups excluding tert-OH is 1. The fourth-order valence-electron chi connectivity index (χ4n) is 1.55. The van der Waals surface area contributed by atoms with E-state index in [9.17, 15) is 0 Å². The van der Waals surface area contributed by atoms with Gasteiger partial charge in [-0.05, 0) is 11.4 Å². The number of oxime groups is 1. The Hall–Kier alpha value is -0.870. The Morgan fingerprint density at radius 2 is 2.50 bits per heavy atom. The minimum Gasteiger partial charge on any atom is -0.411 e. The van der Waals surface area contributed by atoms with Crippen LogP contribution in [-0.2, 0) is 0 Å². The minimum absolute atomic E-state index is 0.131. The molecule has 1 aliphatic carbocycles. The first kappa shape index (κ1) is 7.76. The van der Waals surface area contributed by atoms with E-state index in [1.807, 2.05) is 11.4 Å². The topological polar surface area (TPSA) is 52.8 Å². The molecule has 2 N–H and O–H groups in total. The second kappa shape index (κ2) is 2.88. The van der Waals surface area contributed by atoms with Crippen LogP contribution in [0.3, 0.4) is 0 Å². The molecule has 1 unspecified atom stereocenters. The fraction of sp³-hybridized carbons (Fsp3) is 0.375. The first-order valence-electron chi connectivity index (χ1n) is 3.76. The van der Waals surface area contributed by atoms with Crippen LogP contribution in [0.2, 0.25) is 0 Å². The van der Waals surface area contributed by atoms with Gasteiger partial charge in [-0.25, -0.2) is 0 Å². The zero-order valence-corrected chi connectivity index (χ0v) is 7.21. The van der Waals surface area contributed by atoms with E-state index in [4.69, 9.17) is 10.3 Å². The summed E-state index contributed by atoms with van der Waals surface area (Å²) in [7, 11) is 0. The summed E-state index contributed by atoms with van der Waals surface area (Å²) >= 11 is 1.61. The van der Waals surface area contributed by atoms with E-state index in [-0.39, 0.29) is 12.5 Å². The quantitative estimate of drug-likeness (QED) is 0.511. The Bertz CT molecular complexity index is 319. The van der Waals surface area contributed by atoms with Crippen LogP contribution in [0.1, 0.15) is 22.8 Å². The SMILES string of the molecule is OCC1C/C(=N\O)c2ccsc21. The van der Waals surface area contributed by atoms with E-state index in [1.54, 1.807) is 11.3 Å². The summed E-state index contributed by atoms with van der Waals surface area (Å²) in [6, 6.07) is 1.94. The fourth-order valence-corrected chi connectivity index (χ4v) is 2.57. The van der Waals surface area contributed by atoms with Gasteiger partial charge in [0.2, 0.25) is 0 Å². The molecule has 1 atom stereocenters. The molecule has 0 aromatic carbocycles. The molecule has 2 rings (SSSR count). The summed E-state index contributed by atoms with van der Waals surface area (Å²) in [4.78, 5) is 1.14. The van der Waals surface area contributed by atoms with Gasteiger partial charge >= 0.3 is 0 Å². The van der Waals surface area contributed by atoms with Gasteiger partial charge in [-0.15, -0.1) is 11.3 Å². The number of hydrogen-bond acceptors (Lipinski definition) is 4. The van der Waals surface area contributed by atoms with Gasteiger partial charge in [0.1, 0.15) is 0 Å². The van der Waals surface area contributed by atoms with Gasteiger partial charge in [-0.3, -0.25) is 0 Å². The molecule has 3 nitrogen and oxygen atoms in total. The van der Waals surface area contributed by atoms with Crippen molar-refractivity contribution in [3.63, 3.8) is 0 Å². The van der Waals surface area contributed by atoms with E-state index >= 15 is 0 Å². The Balaban J connectivity index is 2.45. The summed E-state index contributed by atoms with van der Waals surface area (Å²) in [6.45, 7) is 0.131. The van der Waals surface area contributed by atoms with Crippen LogP contribution in [0, 0.1) is 0 Å². The third-order valence-electron chi connectivity index (χ3n) is 2.16. The summed E-state index contributed by atoms with van der Waals surface area (Å²) in [5, 5.41) is 22.8. The molecule has 0 bridgehead atoms. The van der Waals surface area contributed by atoms with Crippen molar-refractivity contribution >= 4 is 17.0 Å². The molecule has 0 aliphatic heterocycles. The van der Waals surface area contributed by atoms with Crippen molar-refractivity contribution in [2.75, 3.05) is 6.61 Å². The minimum atomic E-state index is 0.131. The number of thiophene rings is 1. The van der Waals surface area contributed by atoms with Gasteiger partial charge in [-0.2, -0.15) is 0 Å². The molecule has 64 valence electrons. The van der Waals surface area contributed by atoms with Gasteiger partial charge < -0.3 is 10.3 Å². The highest BCUT2D eigenvalue weighted by molar-refractivity contribution is 7.10. The number of hydrogen-bond donors (Lipinski definition) is 2. The highest BCUT2D eigenvalue weighted by atomic mass is 32.1. The third kappa shape index (κ3) is 0.956. The van der Waals surface area contributed by atoms with Crippen molar-refractivity contribution < 1.29 is 10.3 Å². The molecular weight excluding hydrogens is 174 g/mol. The predicted octanol–water partition coefficient (Wildman–Crippen LogP) is 1.41. The first-order chi connectivity index (χ1) is 5.86. The Labute approximate surface area is 74.0 Å². The highest BCUT2D eigenvalue weighted by Gasteiger charge is 2.28. The number of rotatable bonds is 1. The lowest BCUT2D eigenvalue weighted by Crippen LogP contribution is -1.99. The lowest BCUT2D eigenvalue weighted by Gasteiger charge is -2.01. The van der Waals surface area contributed by atoms with E-state index in [0.29, 0.717) is 12.1 Å². The number of aliphatic hydroxyl groups is 1. The lowest BCUT2D eigenvalue weighted by molar-refractivity contribution is 0.270. The average molecular weight is 183 g/mol. The Kier molecular flexibility index (Phi) is 1.86. The van der Waals surface area contributed by atoms with Crippen LogP contribution in [0.5, 0.6) is 0 Å². The van der Waals surface area contributed by atoms with Crippen LogP contribution >= 0.6 is 11.3 Å². The normalized spacial score (nSPS) is 24.8. The Morgan fingerprint density at radius 1 is 1.67 bits per heavy atom. The van der Waals surface area contributed by atoms with Gasteiger partial charge in [0, 0.05) is 22.8 Å². The van der Waals surface area contributed by atoms with Crippen LogP contribution in [0.25, 0.3) is 0 Å². The second-order valence-electron chi connectivity index (χ2n) is 2.83. The van der Waals surface area contributed by atoms with Crippen molar-refractivity contribution in [2.45, 2.75) is 12.3 Å². The summed E-state index contributed by atoms with van der Waals surface area (Å²) in [6.07, 6.45) is 0.662. The van der Waals surface area contributed by atoms with E-state index in [1.165, 1.54) is 0 Å². The van der Waals surface area contributed by atoms with E-state index < -0.39 is 0 Å². The predicted molar refractivity (Wildman–Crippen MR) is 47.1 cm³/mol. The molecule has 12 heavy (non-hydrogen) atoms. The van der Waals surface area contributed by atoms with E-state index in [0.717, 1.165) is 10.4 Å². The molecule has 0 spiro atoms. The van der Waals surface area contributed by atoms with Gasteiger partial charge in [0.05, 0.1) is 12.3 Å². The van der Waals surface area contributed by atoms with Crippen molar-refractivity contribution in [1.29, 1.82) is 0 Å². The number of nitrogens with zero attached hydrogens (tertiary/aromatic N) is 1. The molecule has 4 heteroatoms. The maximum Gasteiger partial charge on any atom is 0.0886 e. The molecule has 1 aliphatic rings. The third-order valence-corrected chi connectivity index (χ3v) is 3.24. The molecule has 0 amide bonds. The molecule has 0 fully saturated rings. The van der Waals surface area contributed by atoms with Gasteiger partial charge in [0.15, 0.2) is 0 Å². The Morgan fingerprint density at radius 3 is 3.17 bits per heavy atom. The number of fused-ring (bicyclic) bond motifs is 1. The lowest BCUT2D eigenvalue weighted by atomic mass is 10.1. The standard InChI is InChI=1S/C8H9NO2S/c10-4-5-3-7(9-11)6-1-2-12-8(5)6/h1-2,5,10-11H,3-4H2/b9-7+. The van der Waals surface area contributed by atoms with Gasteiger partial charge in [-0.1, -0.05) is 5.16 Å². The second-order valence-corrected chi connectivity index (χ2v) is 3.78. The van der Waals surface area contributed by atoms with Crippen LogP contribution in [-0.4, -0.2) is 22.6 Å². The molecular formula is C8H9NO2S. The largest absolute Gasteiger partial charge is 0.411 e. The van der Waals surface area contributed by atoms with Gasteiger partial charge in [0.25, 0.3) is 0 Å². The summed E-state index contributed by atoms with van der Waals surface area (Å²) in [5.74, 6) is 0.144. The van der Waals surface area contributed by atoms with Crippen LogP contribution in [0.15, 0.2) is 16.6 Å². The maximum atomic E-state index is 9.01. The van der Waals surface area contributed by atoms with Crippen molar-refractivity contribution in [3.05, 3.63) is 21.9 Å². The zero-order valence-electron chi connectivity index (χ0n) is 6.40. The van der Waals surface area contributed by atoms with Crippen molar-refractivity contribution in [1.82, 2.24) is 0 Å². The maximum absolute atomic E-state index is 9.01. The summed E-state index contributed by atoms with van der Waals surface area (Å²) < 4.78 is 0. The molecule has 0 saturated heterocycles. The zero-order chi connectivity index (χ0) is 8.55. The first-order valence-corrected chi connectivity index (χ1v) is 4.64. The van der Waals surface area contributed by atoms with Crippen LogP contribution in [0.4, 0.5) is 0 Å². The average Bonchev–Trinajstić information content (AvgIpc) is 2.63. The molecule has 1 heterocycles. The van der Waals surface area contributed by atoms with Crippen molar-refractivity contribution in [2.24, 2.45) is 5.16 Å². The smallest absolute Gasteiger partial charge is 0.0886 e. The van der Waals surface area contributed by atoms with Crippen molar-refractivity contribution in [3.8, 4) is 0 Å². The highest BCUT2D eigenvalue weighted by Crippen LogP contribution is 2.36.